The summed E-state index contributed by atoms with van der Waals surface area (Å²) in [5, 5.41) is 9.21. The maximum atomic E-state index is 5.33. The molecule has 7 aromatic carbocycles. The fraction of sp³-hybridized carbons (Fsp3) is 0. The van der Waals surface area contributed by atoms with Gasteiger partial charge in [0.1, 0.15) is 5.65 Å². The number of fused-ring (bicyclic) bond motifs is 15. The minimum absolute atomic E-state index is 0.654. The highest BCUT2D eigenvalue weighted by molar-refractivity contribution is 6.24. The van der Waals surface area contributed by atoms with E-state index in [1.165, 1.54) is 21.5 Å². The van der Waals surface area contributed by atoms with Gasteiger partial charge in [0.2, 0.25) is 5.95 Å². The van der Waals surface area contributed by atoms with Crippen LogP contribution in [0.25, 0.3) is 99.0 Å². The van der Waals surface area contributed by atoms with Crippen molar-refractivity contribution in [3.8, 4) is 17.2 Å². The number of benzene rings is 7. The van der Waals surface area contributed by atoms with E-state index in [0.29, 0.717) is 5.95 Å². The smallest absolute Gasteiger partial charge is 0.235 e. The second kappa shape index (κ2) is 9.47. The molecule has 0 saturated carbocycles. The van der Waals surface area contributed by atoms with Gasteiger partial charge in [-0.3, -0.25) is 8.97 Å². The molecule has 0 amide bonds. The van der Waals surface area contributed by atoms with Crippen molar-refractivity contribution >= 4 is 81.8 Å². The molecule has 0 spiro atoms. The minimum Gasteiger partial charge on any atom is -0.291 e. The lowest BCUT2D eigenvalue weighted by atomic mass is 10.0. The summed E-state index contributed by atoms with van der Waals surface area (Å²) < 4.78 is 4.61. The van der Waals surface area contributed by atoms with Crippen LogP contribution in [0, 0.1) is 0 Å². The molecule has 0 atom stereocenters. The molecule has 0 aliphatic rings. The molecule has 0 unspecified atom stereocenters. The highest BCUT2D eigenvalue weighted by Gasteiger charge is 2.21. The van der Waals surface area contributed by atoms with Gasteiger partial charge in [-0.15, -0.1) is 0 Å². The second-order valence-corrected chi connectivity index (χ2v) is 12.4. The Balaban J connectivity index is 1.32. The van der Waals surface area contributed by atoms with Crippen LogP contribution in [0.15, 0.2) is 152 Å². The van der Waals surface area contributed by atoms with Crippen LogP contribution in [0.1, 0.15) is 0 Å². The van der Waals surface area contributed by atoms with Crippen molar-refractivity contribution in [2.45, 2.75) is 0 Å². The number of nitrogens with zero attached hydrogens (tertiary/aromatic N) is 5. The highest BCUT2D eigenvalue weighted by atomic mass is 15.2. The Hall–Kier alpha value is -6.59. The summed E-state index contributed by atoms with van der Waals surface area (Å²) in [6.45, 7) is 0. The third-order valence-corrected chi connectivity index (χ3v) is 9.88. The van der Waals surface area contributed by atoms with Crippen molar-refractivity contribution in [1.29, 1.82) is 0 Å². The predicted molar refractivity (Wildman–Crippen MR) is 198 cm³/mol. The topological polar surface area (TPSA) is 48.0 Å². The summed E-state index contributed by atoms with van der Waals surface area (Å²) in [4.78, 5) is 15.8. The summed E-state index contributed by atoms with van der Waals surface area (Å²) in [6, 6.07) is 53.5. The fourth-order valence-electron chi connectivity index (χ4n) is 7.85. The van der Waals surface area contributed by atoms with Crippen LogP contribution in [-0.2, 0) is 0 Å². The van der Waals surface area contributed by atoms with E-state index in [4.69, 9.17) is 15.0 Å². The molecule has 0 radical (unpaired) electrons. The molecule has 4 heterocycles. The van der Waals surface area contributed by atoms with E-state index in [0.717, 1.165) is 71.5 Å². The third-order valence-electron chi connectivity index (χ3n) is 9.88. The molecular formula is C43H25N5. The van der Waals surface area contributed by atoms with E-state index in [1.807, 2.05) is 12.1 Å². The monoisotopic (exact) mass is 611 g/mol. The average Bonchev–Trinajstić information content (AvgIpc) is 3.72. The van der Waals surface area contributed by atoms with E-state index < -0.39 is 0 Å². The Morgan fingerprint density at radius 3 is 1.75 bits per heavy atom. The Morgan fingerprint density at radius 1 is 0.354 bits per heavy atom. The lowest BCUT2D eigenvalue weighted by molar-refractivity contribution is 1.02. The van der Waals surface area contributed by atoms with E-state index in [2.05, 4.69) is 148 Å². The first-order chi connectivity index (χ1) is 23.8. The van der Waals surface area contributed by atoms with Crippen molar-refractivity contribution < 1.29 is 0 Å². The maximum absolute atomic E-state index is 5.33. The van der Waals surface area contributed by atoms with Gasteiger partial charge in [0, 0.05) is 43.3 Å². The van der Waals surface area contributed by atoms with Crippen LogP contribution in [0.5, 0.6) is 0 Å². The van der Waals surface area contributed by atoms with Crippen molar-refractivity contribution in [3.05, 3.63) is 152 Å². The van der Waals surface area contributed by atoms with Gasteiger partial charge in [-0.25, -0.2) is 15.0 Å². The fourth-order valence-corrected chi connectivity index (χ4v) is 7.85. The minimum atomic E-state index is 0.654. The Kier molecular flexibility index (Phi) is 5.05. The number of rotatable bonds is 2. The standard InChI is InChI=1S/C43H25N5/c1-2-12-26(13-3-1)39-34-18-6-9-19-35(34)45-43(46-39)48-38-21-11-8-16-29(38)30-22-23-32-31(40(30)48)24-25-36-41(32)47-37-20-10-7-15-28(37)27-14-4-5-17-33(27)42(47)44-36/h1-25H. The highest BCUT2D eigenvalue weighted by Crippen LogP contribution is 2.41. The first kappa shape index (κ1) is 25.6. The zero-order valence-corrected chi connectivity index (χ0v) is 25.7. The maximum Gasteiger partial charge on any atom is 0.235 e. The van der Waals surface area contributed by atoms with Gasteiger partial charge < -0.3 is 0 Å². The van der Waals surface area contributed by atoms with Crippen molar-refractivity contribution in [2.75, 3.05) is 0 Å². The Labute approximate surface area is 274 Å². The molecule has 0 N–H and O–H groups in total. The van der Waals surface area contributed by atoms with Crippen LogP contribution in [0.2, 0.25) is 0 Å². The predicted octanol–water partition coefficient (Wildman–Crippen LogP) is 10.7. The molecular weight excluding hydrogens is 587 g/mol. The Bertz CT molecular complexity index is 3120. The molecule has 48 heavy (non-hydrogen) atoms. The summed E-state index contributed by atoms with van der Waals surface area (Å²) in [5.74, 6) is 0.654. The lowest BCUT2D eigenvalue weighted by Gasteiger charge is -2.13. The first-order valence-electron chi connectivity index (χ1n) is 16.2. The molecule has 4 aromatic heterocycles. The van der Waals surface area contributed by atoms with Crippen LogP contribution >= 0.6 is 0 Å². The molecule has 11 aromatic rings. The normalized spacial score (nSPS) is 12.2. The number of para-hydroxylation sites is 3. The van der Waals surface area contributed by atoms with Gasteiger partial charge in [-0.05, 0) is 35.7 Å². The quantitative estimate of drug-likeness (QED) is 0.183. The molecule has 5 heteroatoms. The molecule has 222 valence electrons. The molecule has 0 saturated heterocycles. The van der Waals surface area contributed by atoms with Gasteiger partial charge in [0.25, 0.3) is 0 Å². The zero-order chi connectivity index (χ0) is 31.3. The van der Waals surface area contributed by atoms with Crippen LogP contribution in [0.3, 0.4) is 0 Å². The van der Waals surface area contributed by atoms with Crippen molar-refractivity contribution in [1.82, 2.24) is 23.9 Å². The average molecular weight is 612 g/mol. The van der Waals surface area contributed by atoms with E-state index in [-0.39, 0.29) is 0 Å². The van der Waals surface area contributed by atoms with Gasteiger partial charge in [0.05, 0.1) is 38.8 Å². The summed E-state index contributed by atoms with van der Waals surface area (Å²) in [5.41, 5.74) is 9.25. The number of hydrogen-bond donors (Lipinski definition) is 0. The van der Waals surface area contributed by atoms with Crippen LogP contribution < -0.4 is 0 Å². The van der Waals surface area contributed by atoms with E-state index >= 15 is 0 Å². The van der Waals surface area contributed by atoms with Gasteiger partial charge in [0.15, 0.2) is 0 Å². The molecule has 0 bridgehead atoms. The third kappa shape index (κ3) is 3.37. The summed E-state index contributed by atoms with van der Waals surface area (Å²) in [6.07, 6.45) is 0. The summed E-state index contributed by atoms with van der Waals surface area (Å²) in [7, 11) is 0. The number of pyridine rings is 1. The van der Waals surface area contributed by atoms with Crippen LogP contribution in [0.4, 0.5) is 0 Å². The van der Waals surface area contributed by atoms with E-state index in [9.17, 15) is 0 Å². The summed E-state index contributed by atoms with van der Waals surface area (Å²) >= 11 is 0. The van der Waals surface area contributed by atoms with E-state index in [1.54, 1.807) is 0 Å². The van der Waals surface area contributed by atoms with Gasteiger partial charge in [-0.1, -0.05) is 121 Å². The zero-order valence-electron chi connectivity index (χ0n) is 25.7. The second-order valence-electron chi connectivity index (χ2n) is 12.4. The molecule has 0 fully saturated rings. The lowest BCUT2D eigenvalue weighted by Crippen LogP contribution is -2.03. The first-order valence-corrected chi connectivity index (χ1v) is 16.2. The number of hydrogen-bond acceptors (Lipinski definition) is 3. The van der Waals surface area contributed by atoms with Gasteiger partial charge in [-0.2, -0.15) is 0 Å². The van der Waals surface area contributed by atoms with Gasteiger partial charge >= 0.3 is 0 Å². The number of aromatic nitrogens is 5. The largest absolute Gasteiger partial charge is 0.291 e. The Morgan fingerprint density at radius 2 is 0.938 bits per heavy atom. The van der Waals surface area contributed by atoms with Crippen molar-refractivity contribution in [3.63, 3.8) is 0 Å². The molecule has 11 rings (SSSR count). The molecule has 0 aliphatic heterocycles. The molecule has 0 aliphatic carbocycles. The molecule has 5 nitrogen and oxygen atoms in total. The number of imidazole rings is 1. The van der Waals surface area contributed by atoms with Crippen LogP contribution in [-0.4, -0.2) is 23.9 Å². The van der Waals surface area contributed by atoms with Crippen molar-refractivity contribution in [2.24, 2.45) is 0 Å². The SMILES string of the molecule is c1ccc(-c2nc(-n3c4ccccc4c4ccc5c(ccc6nc7c8ccccc8c8ccccc8n7c65)c43)nc3ccccc23)cc1.